The Morgan fingerprint density at radius 2 is 1.95 bits per heavy atom. The molecule has 1 saturated heterocycles. The lowest BCUT2D eigenvalue weighted by Crippen LogP contribution is -2.48. The van der Waals surface area contributed by atoms with Crippen molar-refractivity contribution in [3.63, 3.8) is 0 Å². The van der Waals surface area contributed by atoms with Crippen LogP contribution in [0.15, 0.2) is 10.6 Å². The van der Waals surface area contributed by atoms with Gasteiger partial charge in [0.2, 0.25) is 5.91 Å². The van der Waals surface area contributed by atoms with Crippen LogP contribution >= 0.6 is 0 Å². The van der Waals surface area contributed by atoms with Gasteiger partial charge >= 0.3 is 0 Å². The quantitative estimate of drug-likeness (QED) is 0.778. The van der Waals surface area contributed by atoms with Crippen LogP contribution in [0, 0.1) is 6.92 Å². The first-order chi connectivity index (χ1) is 9.04. The van der Waals surface area contributed by atoms with Crippen LogP contribution in [0.2, 0.25) is 0 Å². The van der Waals surface area contributed by atoms with E-state index in [0.29, 0.717) is 6.54 Å². The van der Waals surface area contributed by atoms with E-state index in [1.165, 1.54) is 0 Å². The summed E-state index contributed by atoms with van der Waals surface area (Å²) in [4.78, 5) is 17.8. The highest BCUT2D eigenvalue weighted by molar-refractivity contribution is 5.77. The third-order valence-corrected chi connectivity index (χ3v) is 3.38. The number of amides is 1. The van der Waals surface area contributed by atoms with Crippen molar-refractivity contribution >= 4 is 5.91 Å². The molecule has 1 aliphatic rings. The summed E-state index contributed by atoms with van der Waals surface area (Å²) in [5.41, 5.74) is 0.982. The van der Waals surface area contributed by atoms with Crippen LogP contribution in [0.5, 0.6) is 0 Å². The number of nitrogens with zero attached hydrogens (tertiary/aromatic N) is 4. The Hall–Kier alpha value is -1.40. The highest BCUT2D eigenvalue weighted by atomic mass is 16.5. The number of hydrogen-bond donors (Lipinski definition) is 0. The van der Waals surface area contributed by atoms with E-state index in [4.69, 9.17) is 4.52 Å². The highest BCUT2D eigenvalue weighted by Gasteiger charge is 2.20. The summed E-state index contributed by atoms with van der Waals surface area (Å²) in [6.45, 7) is 7.03. The molecule has 0 bridgehead atoms. The Morgan fingerprint density at radius 1 is 1.32 bits per heavy atom. The van der Waals surface area contributed by atoms with Crippen molar-refractivity contribution in [1.82, 2.24) is 19.9 Å². The Morgan fingerprint density at radius 3 is 2.47 bits per heavy atom. The molecule has 0 spiro atoms. The normalized spacial score (nSPS) is 17.6. The smallest absolute Gasteiger partial charge is 0.236 e. The molecule has 0 unspecified atom stereocenters. The zero-order valence-corrected chi connectivity index (χ0v) is 11.9. The van der Waals surface area contributed by atoms with Crippen molar-refractivity contribution in [1.29, 1.82) is 0 Å². The van der Waals surface area contributed by atoms with E-state index in [0.717, 1.165) is 44.2 Å². The number of piperazine rings is 1. The monoisotopic (exact) mass is 266 g/mol. The van der Waals surface area contributed by atoms with Crippen LogP contribution in [0.4, 0.5) is 0 Å². The number of aryl methyl sites for hydroxylation is 1. The average molecular weight is 266 g/mol. The van der Waals surface area contributed by atoms with E-state index < -0.39 is 0 Å². The molecule has 6 heteroatoms. The second-order valence-electron chi connectivity index (χ2n) is 5.27. The van der Waals surface area contributed by atoms with Gasteiger partial charge in [0.25, 0.3) is 0 Å². The summed E-state index contributed by atoms with van der Waals surface area (Å²) in [5.74, 6) is 1.02. The SMILES string of the molecule is Cc1cc(CN2CCN(CC(=O)N(C)C)CC2)no1. The highest BCUT2D eigenvalue weighted by Crippen LogP contribution is 2.09. The summed E-state index contributed by atoms with van der Waals surface area (Å²) in [7, 11) is 3.59. The Balaban J connectivity index is 1.75. The van der Waals surface area contributed by atoms with Crippen LogP contribution in [-0.4, -0.2) is 72.6 Å². The van der Waals surface area contributed by atoms with E-state index in [1.54, 1.807) is 19.0 Å². The molecule has 0 aliphatic carbocycles. The number of likely N-dealkylation sites (N-methyl/N-ethyl adjacent to an activating group) is 1. The number of carbonyl (C=O) groups excluding carboxylic acids is 1. The molecule has 19 heavy (non-hydrogen) atoms. The molecule has 1 amide bonds. The molecule has 0 radical (unpaired) electrons. The minimum absolute atomic E-state index is 0.167. The zero-order valence-electron chi connectivity index (χ0n) is 11.9. The van der Waals surface area contributed by atoms with Gasteiger partial charge in [-0.1, -0.05) is 5.16 Å². The van der Waals surface area contributed by atoms with E-state index in [2.05, 4.69) is 15.0 Å². The van der Waals surface area contributed by atoms with Gasteiger partial charge in [-0.05, 0) is 6.92 Å². The molecule has 6 nitrogen and oxygen atoms in total. The van der Waals surface area contributed by atoms with Gasteiger partial charge in [0.15, 0.2) is 0 Å². The van der Waals surface area contributed by atoms with Gasteiger partial charge in [0.05, 0.1) is 12.2 Å². The molecule has 1 aliphatic heterocycles. The van der Waals surface area contributed by atoms with E-state index in [9.17, 15) is 4.79 Å². The molecular weight excluding hydrogens is 244 g/mol. The molecule has 2 heterocycles. The fourth-order valence-electron chi connectivity index (χ4n) is 2.16. The van der Waals surface area contributed by atoms with Crippen LogP contribution < -0.4 is 0 Å². The molecule has 1 aromatic heterocycles. The maximum absolute atomic E-state index is 11.6. The topological polar surface area (TPSA) is 52.8 Å². The van der Waals surface area contributed by atoms with Crippen molar-refractivity contribution < 1.29 is 9.32 Å². The first-order valence-electron chi connectivity index (χ1n) is 6.61. The van der Waals surface area contributed by atoms with E-state index in [-0.39, 0.29) is 5.91 Å². The summed E-state index contributed by atoms with van der Waals surface area (Å²) in [6.07, 6.45) is 0. The van der Waals surface area contributed by atoms with Crippen molar-refractivity contribution in [2.75, 3.05) is 46.8 Å². The maximum Gasteiger partial charge on any atom is 0.236 e. The first kappa shape index (κ1) is 14.0. The van der Waals surface area contributed by atoms with Gasteiger partial charge in [0.1, 0.15) is 5.76 Å². The number of aromatic nitrogens is 1. The van der Waals surface area contributed by atoms with Crippen LogP contribution in [0.1, 0.15) is 11.5 Å². The molecule has 1 fully saturated rings. The molecule has 106 valence electrons. The second kappa shape index (κ2) is 6.16. The van der Waals surface area contributed by atoms with E-state index >= 15 is 0 Å². The summed E-state index contributed by atoms with van der Waals surface area (Å²) in [5, 5.41) is 4.01. The summed E-state index contributed by atoms with van der Waals surface area (Å²) in [6, 6.07) is 1.97. The van der Waals surface area contributed by atoms with E-state index in [1.807, 2.05) is 13.0 Å². The van der Waals surface area contributed by atoms with Gasteiger partial charge in [-0.25, -0.2) is 0 Å². The number of rotatable bonds is 4. The van der Waals surface area contributed by atoms with Gasteiger partial charge in [-0.3, -0.25) is 14.6 Å². The lowest BCUT2D eigenvalue weighted by Gasteiger charge is -2.34. The number of carbonyl (C=O) groups is 1. The molecular formula is C13H22N4O2. The second-order valence-corrected chi connectivity index (χ2v) is 5.27. The van der Waals surface area contributed by atoms with Gasteiger partial charge in [0, 0.05) is 52.9 Å². The number of hydrogen-bond acceptors (Lipinski definition) is 5. The van der Waals surface area contributed by atoms with Gasteiger partial charge in [-0.2, -0.15) is 0 Å². The van der Waals surface area contributed by atoms with Crippen molar-refractivity contribution in [3.05, 3.63) is 17.5 Å². The minimum Gasteiger partial charge on any atom is -0.361 e. The lowest BCUT2D eigenvalue weighted by molar-refractivity contribution is -0.130. The molecule has 1 aromatic rings. The van der Waals surface area contributed by atoms with Crippen LogP contribution in [0.3, 0.4) is 0 Å². The minimum atomic E-state index is 0.167. The summed E-state index contributed by atoms with van der Waals surface area (Å²) >= 11 is 0. The third kappa shape index (κ3) is 4.04. The molecule has 2 rings (SSSR count). The maximum atomic E-state index is 11.6. The van der Waals surface area contributed by atoms with Crippen LogP contribution in [-0.2, 0) is 11.3 Å². The predicted octanol–water partition coefficient (Wildman–Crippen LogP) is 0.189. The molecule has 0 N–H and O–H groups in total. The van der Waals surface area contributed by atoms with Crippen molar-refractivity contribution in [2.45, 2.75) is 13.5 Å². The largest absolute Gasteiger partial charge is 0.361 e. The van der Waals surface area contributed by atoms with Crippen molar-refractivity contribution in [3.8, 4) is 0 Å². The molecule has 0 aromatic carbocycles. The molecule has 0 saturated carbocycles. The first-order valence-corrected chi connectivity index (χ1v) is 6.61. The Bertz CT molecular complexity index is 422. The van der Waals surface area contributed by atoms with Gasteiger partial charge in [-0.15, -0.1) is 0 Å². The van der Waals surface area contributed by atoms with Crippen LogP contribution in [0.25, 0.3) is 0 Å². The zero-order chi connectivity index (χ0) is 13.8. The fourth-order valence-corrected chi connectivity index (χ4v) is 2.16. The predicted molar refractivity (Wildman–Crippen MR) is 71.7 cm³/mol. The Kier molecular flexibility index (Phi) is 4.55. The fraction of sp³-hybridized carbons (Fsp3) is 0.692. The Labute approximate surface area is 113 Å². The summed E-state index contributed by atoms with van der Waals surface area (Å²) < 4.78 is 5.07. The third-order valence-electron chi connectivity index (χ3n) is 3.38. The molecule has 0 atom stereocenters. The van der Waals surface area contributed by atoms with Gasteiger partial charge < -0.3 is 9.42 Å². The standard InChI is InChI=1S/C13H22N4O2/c1-11-8-12(14-19-11)9-16-4-6-17(7-5-16)10-13(18)15(2)3/h8H,4-7,9-10H2,1-3H3. The van der Waals surface area contributed by atoms with Crippen molar-refractivity contribution in [2.24, 2.45) is 0 Å². The lowest BCUT2D eigenvalue weighted by atomic mass is 10.2. The average Bonchev–Trinajstić information content (AvgIpc) is 2.77.